The Labute approximate surface area is 192 Å². The molecule has 0 aliphatic carbocycles. The molecule has 0 saturated carbocycles. The van der Waals surface area contributed by atoms with Crippen LogP contribution in [-0.4, -0.2) is 24.8 Å². The van der Waals surface area contributed by atoms with Gasteiger partial charge < -0.3 is 4.90 Å². The molecule has 1 aliphatic heterocycles. The van der Waals surface area contributed by atoms with Crippen molar-refractivity contribution in [1.82, 2.24) is 24.8 Å². The molecule has 0 N–H and O–H groups in total. The summed E-state index contributed by atoms with van der Waals surface area (Å²) in [6, 6.07) is 12.1. The Bertz CT molecular complexity index is 1330. The predicted molar refractivity (Wildman–Crippen MR) is 128 cm³/mol. The minimum absolute atomic E-state index is 0.647. The third-order valence-corrected chi connectivity index (χ3v) is 5.79. The Morgan fingerprint density at radius 3 is 2.38 bits per heavy atom. The van der Waals surface area contributed by atoms with Gasteiger partial charge in [0, 0.05) is 66.6 Å². The van der Waals surface area contributed by atoms with E-state index in [1.807, 2.05) is 56.7 Å². The standard InChI is InChI=1S/C26H22ClN5/c1-17-9-21(3-6-28-17)25-12-20-5-8-32(16-23(20)14-30-25)15-19-11-24(27)26(31-13-19)22-4-7-29-18(2)10-22/h3-14H,15-16H2,1-2H3. The first-order valence-electron chi connectivity index (χ1n) is 10.5. The van der Waals surface area contributed by atoms with Crippen LogP contribution in [0.5, 0.6) is 0 Å². The van der Waals surface area contributed by atoms with Crippen molar-refractivity contribution in [2.24, 2.45) is 0 Å². The molecule has 6 heteroatoms. The van der Waals surface area contributed by atoms with E-state index in [-0.39, 0.29) is 0 Å². The molecule has 1 aliphatic rings. The minimum Gasteiger partial charge on any atom is -0.369 e. The normalized spacial score (nSPS) is 12.7. The molecule has 0 unspecified atom stereocenters. The number of halogens is 1. The maximum absolute atomic E-state index is 6.57. The Hall–Kier alpha value is -3.57. The average molecular weight is 440 g/mol. The number of fused-ring (bicyclic) bond motifs is 1. The van der Waals surface area contributed by atoms with Gasteiger partial charge in [-0.15, -0.1) is 0 Å². The maximum atomic E-state index is 6.57. The smallest absolute Gasteiger partial charge is 0.0889 e. The van der Waals surface area contributed by atoms with E-state index in [0.717, 1.165) is 52.6 Å². The van der Waals surface area contributed by atoms with Crippen molar-refractivity contribution < 1.29 is 0 Å². The Morgan fingerprint density at radius 2 is 1.62 bits per heavy atom. The monoisotopic (exact) mass is 439 g/mol. The highest BCUT2D eigenvalue weighted by molar-refractivity contribution is 6.33. The molecule has 0 aromatic carbocycles. The lowest BCUT2D eigenvalue weighted by molar-refractivity contribution is 0.359. The fraction of sp³-hybridized carbons (Fsp3) is 0.154. The van der Waals surface area contributed by atoms with Crippen LogP contribution < -0.4 is 0 Å². The number of aromatic nitrogens is 4. The first kappa shape index (κ1) is 20.3. The second kappa shape index (κ2) is 8.52. The number of hydrogen-bond donors (Lipinski definition) is 0. The summed E-state index contributed by atoms with van der Waals surface area (Å²) in [5.74, 6) is 0. The van der Waals surface area contributed by atoms with E-state index < -0.39 is 0 Å². The van der Waals surface area contributed by atoms with Gasteiger partial charge in [0.15, 0.2) is 0 Å². The van der Waals surface area contributed by atoms with Crippen molar-refractivity contribution in [3.05, 3.63) is 100 Å². The lowest BCUT2D eigenvalue weighted by Gasteiger charge is -2.25. The maximum Gasteiger partial charge on any atom is 0.0889 e. The summed E-state index contributed by atoms with van der Waals surface area (Å²) >= 11 is 6.57. The van der Waals surface area contributed by atoms with E-state index in [0.29, 0.717) is 5.02 Å². The fourth-order valence-electron chi connectivity index (χ4n) is 3.92. The van der Waals surface area contributed by atoms with Crippen LogP contribution >= 0.6 is 11.6 Å². The summed E-state index contributed by atoms with van der Waals surface area (Å²) < 4.78 is 0. The molecule has 0 bridgehead atoms. The Kier molecular flexibility index (Phi) is 5.41. The van der Waals surface area contributed by atoms with E-state index in [1.165, 1.54) is 11.1 Å². The first-order valence-corrected chi connectivity index (χ1v) is 10.8. The predicted octanol–water partition coefficient (Wildman–Crippen LogP) is 5.86. The summed E-state index contributed by atoms with van der Waals surface area (Å²) in [5.41, 5.74) is 9.19. The van der Waals surface area contributed by atoms with Crippen LogP contribution in [0.3, 0.4) is 0 Å². The molecule has 4 aromatic rings. The van der Waals surface area contributed by atoms with Gasteiger partial charge in [-0.1, -0.05) is 11.6 Å². The van der Waals surface area contributed by atoms with E-state index in [9.17, 15) is 0 Å². The SMILES string of the molecule is Cc1cc(-c2cc3c(cn2)CN(Cc2cnc(-c4ccnc(C)c4)c(Cl)c2)C=C3)ccn1. The molecule has 5 heterocycles. The summed E-state index contributed by atoms with van der Waals surface area (Å²) in [5, 5.41) is 0.647. The Balaban J connectivity index is 1.33. The number of rotatable bonds is 4. The zero-order chi connectivity index (χ0) is 22.1. The summed E-state index contributed by atoms with van der Waals surface area (Å²) in [4.78, 5) is 20.1. The van der Waals surface area contributed by atoms with E-state index in [4.69, 9.17) is 11.6 Å². The lowest BCUT2D eigenvalue weighted by Crippen LogP contribution is -2.20. The molecule has 4 aromatic heterocycles. The lowest BCUT2D eigenvalue weighted by atomic mass is 10.0. The van der Waals surface area contributed by atoms with Gasteiger partial charge in [-0.3, -0.25) is 19.9 Å². The second-order valence-corrected chi connectivity index (χ2v) is 8.44. The van der Waals surface area contributed by atoms with Gasteiger partial charge in [-0.05, 0) is 73.0 Å². The van der Waals surface area contributed by atoms with Gasteiger partial charge in [-0.25, -0.2) is 0 Å². The minimum atomic E-state index is 0.647. The molecule has 0 spiro atoms. The highest BCUT2D eigenvalue weighted by Gasteiger charge is 2.14. The molecule has 0 fully saturated rings. The molecule has 0 radical (unpaired) electrons. The van der Waals surface area contributed by atoms with Crippen LogP contribution in [0.2, 0.25) is 5.02 Å². The van der Waals surface area contributed by atoms with Crippen LogP contribution in [0.1, 0.15) is 28.1 Å². The summed E-state index contributed by atoms with van der Waals surface area (Å²) in [6.45, 7) is 5.47. The second-order valence-electron chi connectivity index (χ2n) is 8.03. The quantitative estimate of drug-likeness (QED) is 0.398. The van der Waals surface area contributed by atoms with Gasteiger partial charge in [0.05, 0.1) is 16.4 Å². The number of pyridine rings is 4. The average Bonchev–Trinajstić information content (AvgIpc) is 2.79. The van der Waals surface area contributed by atoms with Crippen molar-refractivity contribution in [1.29, 1.82) is 0 Å². The third kappa shape index (κ3) is 4.25. The highest BCUT2D eigenvalue weighted by atomic mass is 35.5. The number of hydrogen-bond acceptors (Lipinski definition) is 5. The summed E-state index contributed by atoms with van der Waals surface area (Å²) in [7, 11) is 0. The molecule has 0 amide bonds. The number of aryl methyl sites for hydroxylation is 2. The van der Waals surface area contributed by atoms with Crippen LogP contribution in [-0.2, 0) is 13.1 Å². The zero-order valence-corrected chi connectivity index (χ0v) is 18.7. The van der Waals surface area contributed by atoms with Crippen molar-refractivity contribution >= 4 is 17.7 Å². The van der Waals surface area contributed by atoms with Crippen molar-refractivity contribution in [2.75, 3.05) is 0 Å². The van der Waals surface area contributed by atoms with E-state index in [1.54, 1.807) is 6.20 Å². The highest BCUT2D eigenvalue weighted by Crippen LogP contribution is 2.29. The largest absolute Gasteiger partial charge is 0.369 e. The van der Waals surface area contributed by atoms with Crippen LogP contribution in [0.15, 0.2) is 67.4 Å². The first-order chi connectivity index (χ1) is 15.5. The molecule has 0 saturated heterocycles. The van der Waals surface area contributed by atoms with Gasteiger partial charge in [0.1, 0.15) is 0 Å². The van der Waals surface area contributed by atoms with E-state index in [2.05, 4.69) is 49.2 Å². The van der Waals surface area contributed by atoms with Crippen LogP contribution in [0.25, 0.3) is 28.6 Å². The molecule has 32 heavy (non-hydrogen) atoms. The van der Waals surface area contributed by atoms with Crippen LogP contribution in [0, 0.1) is 13.8 Å². The van der Waals surface area contributed by atoms with Crippen LogP contribution in [0.4, 0.5) is 0 Å². The van der Waals surface area contributed by atoms with E-state index >= 15 is 0 Å². The van der Waals surface area contributed by atoms with Gasteiger partial charge >= 0.3 is 0 Å². The molecule has 0 atom stereocenters. The fourth-order valence-corrected chi connectivity index (χ4v) is 4.22. The third-order valence-electron chi connectivity index (χ3n) is 5.51. The van der Waals surface area contributed by atoms with Crippen molar-refractivity contribution in [3.8, 4) is 22.5 Å². The topological polar surface area (TPSA) is 54.8 Å². The number of nitrogens with zero attached hydrogens (tertiary/aromatic N) is 5. The molecular weight excluding hydrogens is 418 g/mol. The van der Waals surface area contributed by atoms with Crippen molar-refractivity contribution in [3.63, 3.8) is 0 Å². The molecule has 5 rings (SSSR count). The molecule has 158 valence electrons. The van der Waals surface area contributed by atoms with Crippen molar-refractivity contribution in [2.45, 2.75) is 26.9 Å². The zero-order valence-electron chi connectivity index (χ0n) is 18.0. The molecule has 5 nitrogen and oxygen atoms in total. The van der Waals surface area contributed by atoms with Gasteiger partial charge in [0.25, 0.3) is 0 Å². The molecular formula is C26H22ClN5. The van der Waals surface area contributed by atoms with Gasteiger partial charge in [0.2, 0.25) is 0 Å². The summed E-state index contributed by atoms with van der Waals surface area (Å²) in [6.07, 6.45) is 11.7. The Morgan fingerprint density at radius 1 is 0.875 bits per heavy atom. The van der Waals surface area contributed by atoms with Gasteiger partial charge in [-0.2, -0.15) is 0 Å².